The molecule has 0 aliphatic heterocycles. The van der Waals surface area contributed by atoms with Gasteiger partial charge in [-0.3, -0.25) is 0 Å². The maximum Gasteiger partial charge on any atom is 0.0474 e. The van der Waals surface area contributed by atoms with E-state index >= 15 is 0 Å². The van der Waals surface area contributed by atoms with Gasteiger partial charge in [0.2, 0.25) is 0 Å². The zero-order chi connectivity index (χ0) is 11.8. The first-order valence-corrected chi connectivity index (χ1v) is 6.81. The number of rotatable bonds is 7. The van der Waals surface area contributed by atoms with Crippen LogP contribution in [0.25, 0.3) is 0 Å². The molecule has 3 heteroatoms. The van der Waals surface area contributed by atoms with Crippen LogP contribution in [0.1, 0.15) is 18.9 Å². The van der Waals surface area contributed by atoms with Gasteiger partial charge in [0.05, 0.1) is 0 Å². The van der Waals surface area contributed by atoms with Gasteiger partial charge in [0.1, 0.15) is 0 Å². The third-order valence-corrected chi connectivity index (χ3v) is 3.73. The van der Waals surface area contributed by atoms with E-state index < -0.39 is 0 Å². The average molecular weight is 239 g/mol. The molecular formula is C13H21NOS. The Kier molecular flexibility index (Phi) is 6.53. The van der Waals surface area contributed by atoms with Crippen LogP contribution in [-0.4, -0.2) is 24.0 Å². The molecule has 0 saturated heterocycles. The van der Waals surface area contributed by atoms with Crippen LogP contribution < -0.4 is 5.73 Å². The topological polar surface area (TPSA) is 46.2 Å². The van der Waals surface area contributed by atoms with Crippen molar-refractivity contribution < 1.29 is 5.11 Å². The maximum absolute atomic E-state index is 9.07. The smallest absolute Gasteiger partial charge is 0.0474 e. The lowest BCUT2D eigenvalue weighted by molar-refractivity contribution is 0.230. The molecule has 0 spiro atoms. The minimum Gasteiger partial charge on any atom is -0.396 e. The first-order chi connectivity index (χ1) is 7.80. The second kappa shape index (κ2) is 7.71. The summed E-state index contributed by atoms with van der Waals surface area (Å²) in [5.41, 5.74) is 6.82. The van der Waals surface area contributed by atoms with E-state index in [0.29, 0.717) is 6.54 Å². The lowest BCUT2D eigenvalue weighted by Crippen LogP contribution is -2.20. The lowest BCUT2D eigenvalue weighted by atomic mass is 10.0. The van der Waals surface area contributed by atoms with Gasteiger partial charge < -0.3 is 10.8 Å². The number of aliphatic hydroxyl groups is 1. The Morgan fingerprint density at radius 3 is 2.50 bits per heavy atom. The molecule has 0 bridgehead atoms. The highest BCUT2D eigenvalue weighted by Gasteiger charge is 2.05. The summed E-state index contributed by atoms with van der Waals surface area (Å²) < 4.78 is 0. The summed E-state index contributed by atoms with van der Waals surface area (Å²) in [7, 11) is 0. The van der Waals surface area contributed by atoms with Gasteiger partial charge in [-0.25, -0.2) is 0 Å². The Morgan fingerprint density at radius 2 is 2.00 bits per heavy atom. The molecule has 0 saturated carbocycles. The largest absolute Gasteiger partial charge is 0.396 e. The van der Waals surface area contributed by atoms with E-state index in [4.69, 9.17) is 10.8 Å². The van der Waals surface area contributed by atoms with Crippen molar-refractivity contribution in [3.63, 3.8) is 0 Å². The number of nitrogens with two attached hydrogens (primary N) is 1. The maximum atomic E-state index is 9.07. The van der Waals surface area contributed by atoms with Gasteiger partial charge in [-0.2, -0.15) is 0 Å². The van der Waals surface area contributed by atoms with Crippen LogP contribution in [0.15, 0.2) is 29.2 Å². The highest BCUT2D eigenvalue weighted by molar-refractivity contribution is 7.99. The van der Waals surface area contributed by atoms with Crippen molar-refractivity contribution in [3.05, 3.63) is 29.8 Å². The zero-order valence-corrected chi connectivity index (χ0v) is 10.7. The quantitative estimate of drug-likeness (QED) is 0.718. The number of aliphatic hydroxyl groups excluding tert-OH is 1. The molecule has 0 aliphatic rings. The Balaban J connectivity index is 2.50. The van der Waals surface area contributed by atoms with Crippen LogP contribution in [0.2, 0.25) is 0 Å². The number of thioether (sulfide) groups is 1. The molecule has 2 nitrogen and oxygen atoms in total. The van der Waals surface area contributed by atoms with Crippen molar-refractivity contribution in [1.29, 1.82) is 0 Å². The molecule has 1 unspecified atom stereocenters. The normalized spacial score (nSPS) is 12.7. The van der Waals surface area contributed by atoms with Crippen molar-refractivity contribution >= 4 is 11.8 Å². The van der Waals surface area contributed by atoms with Crippen LogP contribution >= 0.6 is 11.8 Å². The minimum absolute atomic E-state index is 0.169. The summed E-state index contributed by atoms with van der Waals surface area (Å²) in [4.78, 5) is 1.32. The SMILES string of the molecule is CCCSc1ccc(CC(CN)CO)cc1. The Morgan fingerprint density at radius 1 is 1.31 bits per heavy atom. The van der Waals surface area contributed by atoms with E-state index in [9.17, 15) is 0 Å². The van der Waals surface area contributed by atoms with Crippen molar-refractivity contribution in [1.82, 2.24) is 0 Å². The molecule has 3 N–H and O–H groups in total. The fourth-order valence-corrected chi connectivity index (χ4v) is 2.27. The van der Waals surface area contributed by atoms with Crippen molar-refractivity contribution in [2.24, 2.45) is 11.7 Å². The van der Waals surface area contributed by atoms with Gasteiger partial charge in [-0.05, 0) is 48.8 Å². The van der Waals surface area contributed by atoms with Crippen LogP contribution in [0.3, 0.4) is 0 Å². The fourth-order valence-electron chi connectivity index (χ4n) is 1.50. The first kappa shape index (κ1) is 13.6. The highest BCUT2D eigenvalue weighted by atomic mass is 32.2. The van der Waals surface area contributed by atoms with Gasteiger partial charge >= 0.3 is 0 Å². The van der Waals surface area contributed by atoms with Crippen LogP contribution in [0.4, 0.5) is 0 Å². The molecule has 0 aromatic heterocycles. The molecule has 0 radical (unpaired) electrons. The third-order valence-electron chi connectivity index (χ3n) is 2.51. The number of hydrogen-bond acceptors (Lipinski definition) is 3. The fraction of sp³-hybridized carbons (Fsp3) is 0.538. The van der Waals surface area contributed by atoms with Gasteiger partial charge in [-0.15, -0.1) is 11.8 Å². The molecule has 0 fully saturated rings. The average Bonchev–Trinajstić information content (AvgIpc) is 2.35. The minimum atomic E-state index is 0.169. The Labute approximate surface area is 102 Å². The molecule has 0 aliphatic carbocycles. The molecule has 0 amide bonds. The predicted octanol–water partition coefficient (Wildman–Crippen LogP) is 2.30. The highest BCUT2D eigenvalue weighted by Crippen LogP contribution is 2.20. The van der Waals surface area contributed by atoms with Crippen LogP contribution in [-0.2, 0) is 6.42 Å². The molecule has 1 rings (SSSR count). The third kappa shape index (κ3) is 4.56. The molecule has 16 heavy (non-hydrogen) atoms. The lowest BCUT2D eigenvalue weighted by Gasteiger charge is -2.11. The van der Waals surface area contributed by atoms with Crippen molar-refractivity contribution in [2.75, 3.05) is 18.9 Å². The first-order valence-electron chi connectivity index (χ1n) is 5.82. The monoisotopic (exact) mass is 239 g/mol. The van der Waals surface area contributed by atoms with E-state index in [1.54, 1.807) is 0 Å². The molecule has 1 aromatic carbocycles. The van der Waals surface area contributed by atoms with E-state index in [0.717, 1.165) is 6.42 Å². The van der Waals surface area contributed by atoms with Crippen molar-refractivity contribution in [2.45, 2.75) is 24.7 Å². The van der Waals surface area contributed by atoms with Gasteiger partial charge in [0.15, 0.2) is 0 Å². The van der Waals surface area contributed by atoms with Crippen LogP contribution in [0.5, 0.6) is 0 Å². The van der Waals surface area contributed by atoms with E-state index in [1.165, 1.54) is 22.6 Å². The molecule has 1 aromatic rings. The second-order valence-corrected chi connectivity index (χ2v) is 5.15. The summed E-state index contributed by atoms with van der Waals surface area (Å²) in [5.74, 6) is 1.36. The van der Waals surface area contributed by atoms with Crippen molar-refractivity contribution in [3.8, 4) is 0 Å². The standard InChI is InChI=1S/C13H21NOS/c1-2-7-16-13-5-3-11(4-6-13)8-12(9-14)10-15/h3-6,12,15H,2,7-10,14H2,1H3. The van der Waals surface area contributed by atoms with E-state index in [2.05, 4.69) is 31.2 Å². The molecule has 90 valence electrons. The summed E-state index contributed by atoms with van der Waals surface area (Å²) in [5, 5.41) is 9.07. The van der Waals surface area contributed by atoms with E-state index in [-0.39, 0.29) is 12.5 Å². The molecular weight excluding hydrogens is 218 g/mol. The summed E-state index contributed by atoms with van der Waals surface area (Å²) >= 11 is 1.89. The van der Waals surface area contributed by atoms with Gasteiger partial charge in [0, 0.05) is 11.5 Å². The zero-order valence-electron chi connectivity index (χ0n) is 9.86. The summed E-state index contributed by atoms with van der Waals surface area (Å²) in [6, 6.07) is 8.58. The van der Waals surface area contributed by atoms with Gasteiger partial charge in [-0.1, -0.05) is 19.1 Å². The number of hydrogen-bond donors (Lipinski definition) is 2. The summed E-state index contributed by atoms with van der Waals surface area (Å²) in [6.07, 6.45) is 2.07. The van der Waals surface area contributed by atoms with E-state index in [1.807, 2.05) is 11.8 Å². The van der Waals surface area contributed by atoms with Gasteiger partial charge in [0.25, 0.3) is 0 Å². The molecule has 0 heterocycles. The predicted molar refractivity (Wildman–Crippen MR) is 70.8 cm³/mol. The molecule has 1 atom stereocenters. The number of benzene rings is 1. The summed E-state index contributed by atoms with van der Waals surface area (Å²) in [6.45, 7) is 2.90. The van der Waals surface area contributed by atoms with Crippen LogP contribution in [0, 0.1) is 5.92 Å². The Bertz CT molecular complexity index is 282. The Hall–Kier alpha value is -0.510. The second-order valence-electron chi connectivity index (χ2n) is 3.98.